The summed E-state index contributed by atoms with van der Waals surface area (Å²) in [6.07, 6.45) is 96.1. The molecule has 1 atom stereocenters. The van der Waals surface area contributed by atoms with E-state index >= 15 is 0 Å². The molecule has 0 aromatic rings. The lowest BCUT2D eigenvalue weighted by Crippen LogP contribution is -2.30. The average Bonchev–Trinajstić information content (AvgIpc) is 3.46. The van der Waals surface area contributed by atoms with Crippen molar-refractivity contribution in [2.75, 3.05) is 13.2 Å². The summed E-state index contributed by atoms with van der Waals surface area (Å²) in [5, 5.41) is 0. The molecule has 0 bridgehead atoms. The molecule has 460 valence electrons. The van der Waals surface area contributed by atoms with Gasteiger partial charge >= 0.3 is 17.9 Å². The molecule has 0 saturated carbocycles. The Hall–Kier alpha value is -4.45. The topological polar surface area (TPSA) is 78.9 Å². The lowest BCUT2D eigenvalue weighted by molar-refractivity contribution is -0.167. The Morgan fingerprint density at radius 2 is 0.506 bits per heavy atom. The molecule has 0 spiro atoms. The molecule has 0 aromatic carbocycles. The maximum atomic E-state index is 12.9. The van der Waals surface area contributed by atoms with Crippen molar-refractivity contribution < 1.29 is 28.6 Å². The van der Waals surface area contributed by atoms with E-state index in [1.165, 1.54) is 122 Å². The Kier molecular flexibility index (Phi) is 64.3. The molecule has 0 fully saturated rings. The summed E-state index contributed by atoms with van der Waals surface area (Å²) in [7, 11) is 0. The van der Waals surface area contributed by atoms with E-state index < -0.39 is 6.10 Å². The maximum absolute atomic E-state index is 12.9. The van der Waals surface area contributed by atoms with Crippen LogP contribution in [-0.2, 0) is 28.6 Å². The van der Waals surface area contributed by atoms with Crippen LogP contribution in [0.2, 0.25) is 0 Å². The first kappa shape index (κ1) is 76.5. The summed E-state index contributed by atoms with van der Waals surface area (Å²) in [4.78, 5) is 38.4. The highest BCUT2D eigenvalue weighted by Gasteiger charge is 2.19. The highest BCUT2D eigenvalue weighted by Crippen LogP contribution is 2.16. The molecule has 0 amide bonds. The zero-order valence-corrected chi connectivity index (χ0v) is 52.8. The third-order valence-electron chi connectivity index (χ3n) is 14.1. The van der Waals surface area contributed by atoms with Gasteiger partial charge in [0.1, 0.15) is 13.2 Å². The molecule has 0 aliphatic heterocycles. The van der Waals surface area contributed by atoms with Crippen molar-refractivity contribution in [2.24, 2.45) is 0 Å². The maximum Gasteiger partial charge on any atom is 0.306 e. The Labute approximate surface area is 500 Å². The summed E-state index contributed by atoms with van der Waals surface area (Å²) >= 11 is 0. The van der Waals surface area contributed by atoms with E-state index in [-0.39, 0.29) is 31.1 Å². The van der Waals surface area contributed by atoms with Crippen LogP contribution in [-0.4, -0.2) is 37.2 Å². The number of ether oxygens (including phenoxy) is 3. The van der Waals surface area contributed by atoms with E-state index in [2.05, 4.69) is 154 Å². The first-order valence-electron chi connectivity index (χ1n) is 33.7. The van der Waals surface area contributed by atoms with Gasteiger partial charge in [-0.05, 0) is 135 Å². The van der Waals surface area contributed by atoms with Gasteiger partial charge in [0.15, 0.2) is 6.10 Å². The molecular weight excluding hydrogens is 997 g/mol. The van der Waals surface area contributed by atoms with Crippen LogP contribution in [0.5, 0.6) is 0 Å². The zero-order valence-electron chi connectivity index (χ0n) is 52.8. The van der Waals surface area contributed by atoms with Gasteiger partial charge in [0.05, 0.1) is 0 Å². The van der Waals surface area contributed by atoms with Crippen LogP contribution in [0.25, 0.3) is 0 Å². The van der Waals surface area contributed by atoms with Crippen molar-refractivity contribution in [3.63, 3.8) is 0 Å². The fraction of sp³-hybridized carbons (Fsp3) is 0.667. The fourth-order valence-electron chi connectivity index (χ4n) is 9.08. The first-order chi connectivity index (χ1) is 40.0. The number of esters is 3. The van der Waals surface area contributed by atoms with Gasteiger partial charge in [-0.1, -0.05) is 283 Å². The summed E-state index contributed by atoms with van der Waals surface area (Å²) in [6, 6.07) is 0. The van der Waals surface area contributed by atoms with E-state index in [0.29, 0.717) is 25.7 Å². The van der Waals surface area contributed by atoms with E-state index in [0.717, 1.165) is 135 Å². The lowest BCUT2D eigenvalue weighted by atomic mass is 10.0. The second-order valence-electron chi connectivity index (χ2n) is 22.0. The molecule has 0 aliphatic rings. The summed E-state index contributed by atoms with van der Waals surface area (Å²) in [5.41, 5.74) is 0. The van der Waals surface area contributed by atoms with E-state index in [1.54, 1.807) is 0 Å². The highest BCUT2D eigenvalue weighted by atomic mass is 16.6. The van der Waals surface area contributed by atoms with E-state index in [4.69, 9.17) is 14.2 Å². The molecule has 1 unspecified atom stereocenters. The van der Waals surface area contributed by atoms with E-state index in [1.807, 2.05) is 0 Å². The molecule has 0 saturated heterocycles. The zero-order chi connectivity index (χ0) is 58.5. The van der Waals surface area contributed by atoms with Gasteiger partial charge in [0.2, 0.25) is 0 Å². The molecule has 0 N–H and O–H groups in total. The van der Waals surface area contributed by atoms with Gasteiger partial charge in [0, 0.05) is 19.3 Å². The van der Waals surface area contributed by atoms with Crippen molar-refractivity contribution >= 4 is 17.9 Å². The summed E-state index contributed by atoms with van der Waals surface area (Å²) in [5.74, 6) is -0.957. The average molecular weight is 1120 g/mol. The van der Waals surface area contributed by atoms with Crippen LogP contribution in [0, 0.1) is 0 Å². The number of unbranched alkanes of at least 4 members (excludes halogenated alkanes) is 27. The van der Waals surface area contributed by atoms with Crippen molar-refractivity contribution in [3.05, 3.63) is 134 Å². The lowest BCUT2D eigenvalue weighted by Gasteiger charge is -2.18. The first-order valence-corrected chi connectivity index (χ1v) is 33.7. The van der Waals surface area contributed by atoms with Gasteiger partial charge in [0.25, 0.3) is 0 Å². The predicted octanol–water partition coefficient (Wildman–Crippen LogP) is 23.3. The van der Waals surface area contributed by atoms with Crippen molar-refractivity contribution in [2.45, 2.75) is 309 Å². The molecule has 0 heterocycles. The second kappa shape index (κ2) is 68.1. The monoisotopic (exact) mass is 1120 g/mol. The van der Waals surface area contributed by atoms with Gasteiger partial charge < -0.3 is 14.2 Å². The smallest absolute Gasteiger partial charge is 0.306 e. The number of rotatable bonds is 60. The number of allylic oxidation sites excluding steroid dienone is 22. The molecule has 0 aliphatic carbocycles. The fourth-order valence-corrected chi connectivity index (χ4v) is 9.08. The largest absolute Gasteiger partial charge is 0.462 e. The van der Waals surface area contributed by atoms with Gasteiger partial charge in [-0.25, -0.2) is 0 Å². The van der Waals surface area contributed by atoms with Gasteiger partial charge in [-0.2, -0.15) is 0 Å². The van der Waals surface area contributed by atoms with Crippen LogP contribution < -0.4 is 0 Å². The van der Waals surface area contributed by atoms with Crippen molar-refractivity contribution in [3.8, 4) is 0 Å². The Bertz CT molecular complexity index is 1720. The SMILES string of the molecule is CC/C=C\C/C=C\C/C=C\C/C=C\C/C=C\C/C=C\C/C=C\C/C=C\CCCCC(=O)OCC(COC(=O)CCCCCCC/C=C\C/C=C\CCC)OC(=O)CCCCCCCCCCCCC/C=C\CCCCCCCCCC. The second-order valence-corrected chi connectivity index (χ2v) is 22.0. The Balaban J connectivity index is 4.42. The summed E-state index contributed by atoms with van der Waals surface area (Å²) in [6.45, 7) is 6.43. The third kappa shape index (κ3) is 66.2. The Morgan fingerprint density at radius 1 is 0.259 bits per heavy atom. The minimum Gasteiger partial charge on any atom is -0.462 e. The normalized spacial score (nSPS) is 13.0. The molecular formula is C75H124O6. The predicted molar refractivity (Wildman–Crippen MR) is 353 cm³/mol. The van der Waals surface area contributed by atoms with Crippen LogP contribution in [0.1, 0.15) is 303 Å². The standard InChI is InChI=1S/C75H124O6/c1-4-7-10-13-16-19-22-25-27-29-31-33-35-36-37-38-40-41-43-45-47-50-53-56-59-62-65-68-74(77)80-71-72(70-79-73(76)67-64-61-58-55-52-49-24-21-18-15-12-9-6-3)81-75(78)69-66-63-60-57-54-51-48-46-44-42-39-34-32-30-28-26-23-20-17-14-11-8-5-2/h7,10,12,15-16,19,21,24-25,27,30-33,36-37,40-41,45,47,53,56,72H,4-6,8-9,11,13-14,17-18,20,22-23,26,28-29,34-35,38-39,42-44,46,48-52,54-55,57-71H2,1-3H3/b10-7-,15-12-,19-16-,24-21-,27-25-,32-30-,33-31-,37-36-,41-40-,47-45-,56-53-. The number of hydrogen-bond acceptors (Lipinski definition) is 6. The van der Waals surface area contributed by atoms with Crippen LogP contribution in [0.15, 0.2) is 134 Å². The van der Waals surface area contributed by atoms with Crippen LogP contribution in [0.3, 0.4) is 0 Å². The van der Waals surface area contributed by atoms with Crippen molar-refractivity contribution in [1.29, 1.82) is 0 Å². The molecule has 6 heteroatoms. The molecule has 81 heavy (non-hydrogen) atoms. The van der Waals surface area contributed by atoms with Gasteiger partial charge in [-0.3, -0.25) is 14.4 Å². The minimum absolute atomic E-state index is 0.102. The van der Waals surface area contributed by atoms with Crippen molar-refractivity contribution in [1.82, 2.24) is 0 Å². The minimum atomic E-state index is -0.808. The number of carbonyl (C=O) groups excluding carboxylic acids is 3. The quantitative estimate of drug-likeness (QED) is 0.0261. The molecule has 0 radical (unpaired) electrons. The molecule has 0 rings (SSSR count). The molecule has 6 nitrogen and oxygen atoms in total. The Morgan fingerprint density at radius 3 is 0.840 bits per heavy atom. The van der Waals surface area contributed by atoms with E-state index in [9.17, 15) is 14.4 Å². The molecule has 0 aromatic heterocycles. The highest BCUT2D eigenvalue weighted by molar-refractivity contribution is 5.71. The number of hydrogen-bond donors (Lipinski definition) is 0. The third-order valence-corrected chi connectivity index (χ3v) is 14.1. The number of carbonyl (C=O) groups is 3. The van der Waals surface area contributed by atoms with Crippen LogP contribution in [0.4, 0.5) is 0 Å². The van der Waals surface area contributed by atoms with Gasteiger partial charge in [-0.15, -0.1) is 0 Å². The van der Waals surface area contributed by atoms with Crippen LogP contribution >= 0.6 is 0 Å². The summed E-state index contributed by atoms with van der Waals surface area (Å²) < 4.78 is 16.9.